The van der Waals surface area contributed by atoms with E-state index >= 15 is 0 Å². The summed E-state index contributed by atoms with van der Waals surface area (Å²) in [5.41, 5.74) is 9.44. The third-order valence-electron chi connectivity index (χ3n) is 4.58. The molecule has 2 aliphatic rings. The summed E-state index contributed by atoms with van der Waals surface area (Å²) in [5, 5.41) is 1.24. The Balaban J connectivity index is 1.75. The van der Waals surface area contributed by atoms with E-state index in [9.17, 15) is 14.4 Å². The lowest BCUT2D eigenvalue weighted by molar-refractivity contribution is -0.130. The standard InChI is InChI=1S/C17H22N4O3/c18-11-14-3-1-2-10-20(14)17(24)12-4-6-13(7-5-12)21-16(23)9-8-15(22)19-21/h4-7,14H,1-3,8-11,18H2,(H,19,22). The molecule has 3 rings (SSSR count). The molecular formula is C17H22N4O3. The molecule has 0 radical (unpaired) electrons. The molecule has 3 amide bonds. The summed E-state index contributed by atoms with van der Waals surface area (Å²) in [4.78, 5) is 37.9. The fourth-order valence-corrected chi connectivity index (χ4v) is 3.22. The van der Waals surface area contributed by atoms with Crippen LogP contribution in [0.2, 0.25) is 0 Å². The van der Waals surface area contributed by atoms with Crippen molar-refractivity contribution in [1.82, 2.24) is 10.3 Å². The largest absolute Gasteiger partial charge is 0.334 e. The van der Waals surface area contributed by atoms with E-state index in [1.54, 1.807) is 24.3 Å². The number of hydrazine groups is 1. The molecule has 2 fully saturated rings. The number of nitrogens with one attached hydrogen (secondary N) is 1. The second-order valence-electron chi connectivity index (χ2n) is 6.19. The van der Waals surface area contributed by atoms with Gasteiger partial charge < -0.3 is 10.6 Å². The normalized spacial score (nSPS) is 21.6. The number of anilines is 1. The molecular weight excluding hydrogens is 308 g/mol. The molecule has 0 aliphatic carbocycles. The Morgan fingerprint density at radius 2 is 1.92 bits per heavy atom. The lowest BCUT2D eigenvalue weighted by atomic mass is 10.0. The molecule has 2 saturated heterocycles. The first-order valence-electron chi connectivity index (χ1n) is 8.33. The van der Waals surface area contributed by atoms with E-state index in [1.807, 2.05) is 4.90 Å². The maximum Gasteiger partial charge on any atom is 0.254 e. The Morgan fingerprint density at radius 1 is 1.17 bits per heavy atom. The van der Waals surface area contributed by atoms with Crippen LogP contribution in [0.5, 0.6) is 0 Å². The zero-order chi connectivity index (χ0) is 17.1. The van der Waals surface area contributed by atoms with E-state index in [4.69, 9.17) is 5.73 Å². The molecule has 0 bridgehead atoms. The zero-order valence-electron chi connectivity index (χ0n) is 13.5. The number of carbonyl (C=O) groups is 3. The number of nitrogens with two attached hydrogens (primary N) is 1. The second kappa shape index (κ2) is 7.00. The van der Waals surface area contributed by atoms with E-state index in [2.05, 4.69) is 5.43 Å². The third-order valence-corrected chi connectivity index (χ3v) is 4.58. The number of piperidine rings is 1. The maximum absolute atomic E-state index is 12.7. The number of rotatable bonds is 3. The van der Waals surface area contributed by atoms with Crippen molar-refractivity contribution < 1.29 is 14.4 Å². The van der Waals surface area contributed by atoms with Crippen LogP contribution in [0.15, 0.2) is 24.3 Å². The minimum absolute atomic E-state index is 0.0364. The number of hydrogen-bond donors (Lipinski definition) is 2. The van der Waals surface area contributed by atoms with Crippen LogP contribution in [0, 0.1) is 0 Å². The second-order valence-corrected chi connectivity index (χ2v) is 6.19. The Morgan fingerprint density at radius 3 is 2.62 bits per heavy atom. The fraction of sp³-hybridized carbons (Fsp3) is 0.471. The molecule has 7 nitrogen and oxygen atoms in total. The van der Waals surface area contributed by atoms with Crippen LogP contribution in [0.1, 0.15) is 42.5 Å². The molecule has 1 aromatic carbocycles. The monoisotopic (exact) mass is 330 g/mol. The lowest BCUT2D eigenvalue weighted by Crippen LogP contribution is -2.50. The molecule has 3 N–H and O–H groups in total. The highest BCUT2D eigenvalue weighted by Gasteiger charge is 2.27. The number of likely N-dealkylation sites (tertiary alicyclic amines) is 1. The van der Waals surface area contributed by atoms with Gasteiger partial charge in [0, 0.05) is 37.5 Å². The Labute approximate surface area is 140 Å². The van der Waals surface area contributed by atoms with Crippen LogP contribution < -0.4 is 16.2 Å². The van der Waals surface area contributed by atoms with Crippen molar-refractivity contribution in [1.29, 1.82) is 0 Å². The van der Waals surface area contributed by atoms with Gasteiger partial charge >= 0.3 is 0 Å². The highest BCUT2D eigenvalue weighted by atomic mass is 16.2. The average Bonchev–Trinajstić information content (AvgIpc) is 2.63. The van der Waals surface area contributed by atoms with E-state index in [0.717, 1.165) is 25.8 Å². The first kappa shape index (κ1) is 16.4. The van der Waals surface area contributed by atoms with Crippen molar-refractivity contribution in [2.45, 2.75) is 38.1 Å². The SMILES string of the molecule is NCC1CCCCN1C(=O)c1ccc(N2NC(=O)CCC2=O)cc1. The van der Waals surface area contributed by atoms with Crippen LogP contribution in [-0.2, 0) is 9.59 Å². The van der Waals surface area contributed by atoms with Gasteiger partial charge in [0.1, 0.15) is 0 Å². The van der Waals surface area contributed by atoms with Gasteiger partial charge in [-0.2, -0.15) is 0 Å². The maximum atomic E-state index is 12.7. The van der Waals surface area contributed by atoms with Crippen molar-refractivity contribution in [3.63, 3.8) is 0 Å². The highest BCUT2D eigenvalue weighted by molar-refractivity contribution is 6.01. The third kappa shape index (κ3) is 3.26. The molecule has 1 atom stereocenters. The van der Waals surface area contributed by atoms with Crippen LogP contribution in [0.25, 0.3) is 0 Å². The molecule has 0 spiro atoms. The lowest BCUT2D eigenvalue weighted by Gasteiger charge is -2.35. The van der Waals surface area contributed by atoms with Gasteiger partial charge in [0.2, 0.25) is 11.8 Å². The summed E-state index contributed by atoms with van der Waals surface area (Å²) < 4.78 is 0. The van der Waals surface area contributed by atoms with Crippen molar-refractivity contribution in [2.24, 2.45) is 5.73 Å². The van der Waals surface area contributed by atoms with Gasteiger partial charge in [-0.3, -0.25) is 19.8 Å². The molecule has 0 aromatic heterocycles. The van der Waals surface area contributed by atoms with Crippen LogP contribution in [0.3, 0.4) is 0 Å². The fourth-order valence-electron chi connectivity index (χ4n) is 3.22. The van der Waals surface area contributed by atoms with Crippen molar-refractivity contribution in [2.75, 3.05) is 18.1 Å². The number of nitrogens with zero attached hydrogens (tertiary/aromatic N) is 2. The van der Waals surface area contributed by atoms with Gasteiger partial charge in [0.15, 0.2) is 0 Å². The predicted octanol–water partition coefficient (Wildman–Crippen LogP) is 0.798. The number of benzene rings is 1. The summed E-state index contributed by atoms with van der Waals surface area (Å²) in [7, 11) is 0. The van der Waals surface area contributed by atoms with Gasteiger partial charge in [0.05, 0.1) is 5.69 Å². The number of hydrogen-bond acceptors (Lipinski definition) is 4. The minimum Gasteiger partial charge on any atom is -0.334 e. The Bertz CT molecular complexity index is 644. The molecule has 7 heteroatoms. The van der Waals surface area contributed by atoms with Crippen LogP contribution in [0.4, 0.5) is 5.69 Å². The highest BCUT2D eigenvalue weighted by Crippen LogP contribution is 2.22. The van der Waals surface area contributed by atoms with Crippen LogP contribution >= 0.6 is 0 Å². The molecule has 1 unspecified atom stereocenters. The molecule has 2 aliphatic heterocycles. The quantitative estimate of drug-likeness (QED) is 0.857. The number of amides is 3. The zero-order valence-corrected chi connectivity index (χ0v) is 13.5. The van der Waals surface area contributed by atoms with Crippen LogP contribution in [-0.4, -0.2) is 41.8 Å². The van der Waals surface area contributed by atoms with Crippen molar-refractivity contribution in [3.05, 3.63) is 29.8 Å². The van der Waals surface area contributed by atoms with Crippen molar-refractivity contribution in [3.8, 4) is 0 Å². The molecule has 24 heavy (non-hydrogen) atoms. The van der Waals surface area contributed by atoms with E-state index in [-0.39, 0.29) is 36.6 Å². The molecule has 128 valence electrons. The summed E-state index contributed by atoms with van der Waals surface area (Å²) in [6.07, 6.45) is 3.43. The smallest absolute Gasteiger partial charge is 0.254 e. The molecule has 2 heterocycles. The van der Waals surface area contributed by atoms with E-state index in [0.29, 0.717) is 17.8 Å². The Hall–Kier alpha value is -2.41. The first-order chi connectivity index (χ1) is 11.6. The summed E-state index contributed by atoms with van der Waals surface area (Å²) in [6, 6.07) is 6.83. The first-order valence-corrected chi connectivity index (χ1v) is 8.33. The topological polar surface area (TPSA) is 95.7 Å². The summed E-state index contributed by atoms with van der Waals surface area (Å²) in [6.45, 7) is 1.20. The summed E-state index contributed by atoms with van der Waals surface area (Å²) >= 11 is 0. The molecule has 0 saturated carbocycles. The van der Waals surface area contributed by atoms with Crippen molar-refractivity contribution >= 4 is 23.4 Å². The Kier molecular flexibility index (Phi) is 4.80. The van der Waals surface area contributed by atoms with Gasteiger partial charge in [-0.1, -0.05) is 0 Å². The van der Waals surface area contributed by atoms with Gasteiger partial charge in [-0.25, -0.2) is 5.01 Å². The number of carbonyl (C=O) groups excluding carboxylic acids is 3. The summed E-state index contributed by atoms with van der Waals surface area (Å²) in [5.74, 6) is -0.382. The average molecular weight is 330 g/mol. The van der Waals surface area contributed by atoms with Gasteiger partial charge in [-0.15, -0.1) is 0 Å². The van der Waals surface area contributed by atoms with Gasteiger partial charge in [0.25, 0.3) is 5.91 Å². The van der Waals surface area contributed by atoms with E-state index in [1.165, 1.54) is 5.01 Å². The minimum atomic E-state index is -0.186. The van der Waals surface area contributed by atoms with E-state index < -0.39 is 0 Å². The van der Waals surface area contributed by atoms with Gasteiger partial charge in [-0.05, 0) is 43.5 Å². The predicted molar refractivity (Wildman–Crippen MR) is 89.0 cm³/mol. The molecule has 1 aromatic rings.